The van der Waals surface area contributed by atoms with E-state index < -0.39 is 59.5 Å². The molecule has 1 N–H and O–H groups in total. The molecule has 0 unspecified atom stereocenters. The van der Waals surface area contributed by atoms with Gasteiger partial charge >= 0.3 is 5.63 Å². The van der Waals surface area contributed by atoms with Gasteiger partial charge in [-0.1, -0.05) is 18.5 Å². The number of carbonyl (C=O) groups is 1. The summed E-state index contributed by atoms with van der Waals surface area (Å²) in [5.74, 6) is -0.152. The molecule has 254 valence electrons. The highest BCUT2D eigenvalue weighted by Gasteiger charge is 2.59. The molecule has 46 heavy (non-hydrogen) atoms. The fraction of sp³-hybridized carbons (Fsp3) is 0.750. The normalized spacial score (nSPS) is 33.8. The second-order valence-electron chi connectivity index (χ2n) is 13.7. The average molecular weight is 664 g/mol. The van der Waals surface area contributed by atoms with Gasteiger partial charge in [-0.2, -0.15) is 0 Å². The Morgan fingerprint density at radius 3 is 2.59 bits per heavy atom. The maximum Gasteiger partial charge on any atom is 0.339 e. The van der Waals surface area contributed by atoms with Gasteiger partial charge in [0.05, 0.1) is 25.3 Å². The smallest absolute Gasteiger partial charge is 0.339 e. The SMILES string of the molecule is CCC[C@@H](NC(=O)[C@]1(C)CSC(/C(C)=N/O[C@H]2O[C@@H]3COC(C)(C)O[C@H]3[C@@H]3OC(C)(C)O[C@H]23)=N1)c1cc(OCC2CC2)cc(=O)o1. The van der Waals surface area contributed by atoms with Gasteiger partial charge in [-0.05, 0) is 66.7 Å². The number of hydrogen-bond donors (Lipinski definition) is 1. The van der Waals surface area contributed by atoms with E-state index >= 15 is 0 Å². The minimum atomic E-state index is -1.07. The zero-order valence-corrected chi connectivity index (χ0v) is 28.3. The summed E-state index contributed by atoms with van der Waals surface area (Å²) in [7, 11) is 0. The lowest BCUT2D eigenvalue weighted by atomic mass is 9.97. The number of carbonyl (C=O) groups excluding carboxylic acids is 1. The summed E-state index contributed by atoms with van der Waals surface area (Å²) in [5, 5.41) is 7.99. The summed E-state index contributed by atoms with van der Waals surface area (Å²) in [6.07, 6.45) is 0.916. The lowest BCUT2D eigenvalue weighted by Crippen LogP contribution is -2.63. The number of rotatable bonds is 11. The average Bonchev–Trinajstić information content (AvgIpc) is 3.64. The van der Waals surface area contributed by atoms with Crippen LogP contribution < -0.4 is 15.7 Å². The number of hydrogen-bond acceptors (Lipinski definition) is 13. The van der Waals surface area contributed by atoms with Crippen molar-refractivity contribution in [3.63, 3.8) is 0 Å². The van der Waals surface area contributed by atoms with Crippen LogP contribution in [0.5, 0.6) is 5.75 Å². The minimum absolute atomic E-state index is 0.280. The van der Waals surface area contributed by atoms with Gasteiger partial charge in [0.15, 0.2) is 17.7 Å². The van der Waals surface area contributed by atoms with Crippen molar-refractivity contribution in [3.8, 4) is 5.75 Å². The fourth-order valence-corrected chi connectivity index (χ4v) is 7.04. The molecular formula is C32H45N3O10S. The summed E-state index contributed by atoms with van der Waals surface area (Å²) < 4.78 is 41.9. The van der Waals surface area contributed by atoms with Crippen LogP contribution in [-0.2, 0) is 33.3 Å². The molecule has 1 amide bonds. The lowest BCUT2D eigenvalue weighted by Gasteiger charge is -2.47. The second kappa shape index (κ2) is 12.8. The molecule has 3 saturated heterocycles. The molecule has 0 bridgehead atoms. The van der Waals surface area contributed by atoms with E-state index in [0.29, 0.717) is 53.6 Å². The molecule has 14 heteroatoms. The highest BCUT2D eigenvalue weighted by Crippen LogP contribution is 2.42. The number of fused-ring (bicyclic) bond motifs is 3. The first-order valence-corrected chi connectivity index (χ1v) is 17.1. The van der Waals surface area contributed by atoms with Gasteiger partial charge in [-0.15, -0.1) is 11.8 Å². The highest BCUT2D eigenvalue weighted by atomic mass is 32.2. The molecule has 0 spiro atoms. The van der Waals surface area contributed by atoms with E-state index in [0.717, 1.165) is 19.3 Å². The number of oxime groups is 1. The largest absolute Gasteiger partial charge is 0.493 e. The summed E-state index contributed by atoms with van der Waals surface area (Å²) >= 11 is 1.41. The van der Waals surface area contributed by atoms with E-state index in [1.54, 1.807) is 19.9 Å². The van der Waals surface area contributed by atoms with Gasteiger partial charge in [-0.3, -0.25) is 9.79 Å². The molecule has 6 rings (SSSR count). The lowest BCUT2D eigenvalue weighted by molar-refractivity contribution is -0.370. The zero-order valence-electron chi connectivity index (χ0n) is 27.5. The minimum Gasteiger partial charge on any atom is -0.493 e. The number of nitrogens with zero attached hydrogens (tertiary/aromatic N) is 2. The van der Waals surface area contributed by atoms with E-state index in [1.807, 2.05) is 34.6 Å². The molecule has 1 aromatic heterocycles. The second-order valence-corrected chi connectivity index (χ2v) is 14.7. The molecule has 1 saturated carbocycles. The van der Waals surface area contributed by atoms with E-state index in [-0.39, 0.29) is 5.91 Å². The van der Waals surface area contributed by atoms with Crippen molar-refractivity contribution in [2.75, 3.05) is 19.0 Å². The van der Waals surface area contributed by atoms with Crippen LogP contribution in [0.15, 0.2) is 31.5 Å². The quantitative estimate of drug-likeness (QED) is 0.270. The van der Waals surface area contributed by atoms with Crippen molar-refractivity contribution >= 4 is 28.4 Å². The molecule has 1 aliphatic carbocycles. The van der Waals surface area contributed by atoms with Gasteiger partial charge < -0.3 is 43.0 Å². The van der Waals surface area contributed by atoms with Crippen LogP contribution in [-0.4, -0.2) is 83.4 Å². The van der Waals surface area contributed by atoms with Crippen LogP contribution in [0.4, 0.5) is 0 Å². The third-order valence-corrected chi connectivity index (χ3v) is 9.91. The topological polar surface area (TPSA) is 149 Å². The van der Waals surface area contributed by atoms with Gasteiger partial charge in [0.25, 0.3) is 6.29 Å². The van der Waals surface area contributed by atoms with Crippen LogP contribution in [0.25, 0.3) is 0 Å². The Labute approximate surface area is 273 Å². The number of thioether (sulfide) groups is 1. The maximum atomic E-state index is 13.6. The maximum absolute atomic E-state index is 13.6. The van der Waals surface area contributed by atoms with E-state index in [4.69, 9.17) is 42.7 Å². The molecule has 0 aromatic carbocycles. The number of amides is 1. The van der Waals surface area contributed by atoms with Crippen LogP contribution >= 0.6 is 11.8 Å². The van der Waals surface area contributed by atoms with Crippen LogP contribution in [0.1, 0.15) is 86.0 Å². The first-order valence-electron chi connectivity index (χ1n) is 16.1. The summed E-state index contributed by atoms with van der Waals surface area (Å²) in [5.41, 5.74) is -1.09. The van der Waals surface area contributed by atoms with E-state index in [1.165, 1.54) is 17.8 Å². The van der Waals surface area contributed by atoms with Crippen LogP contribution in [0.2, 0.25) is 0 Å². The molecule has 4 aliphatic heterocycles. The van der Waals surface area contributed by atoms with Gasteiger partial charge in [0.1, 0.15) is 46.1 Å². The molecule has 7 atom stereocenters. The van der Waals surface area contributed by atoms with Crippen molar-refractivity contribution in [1.82, 2.24) is 5.32 Å². The Morgan fingerprint density at radius 2 is 1.85 bits per heavy atom. The molecule has 5 heterocycles. The van der Waals surface area contributed by atoms with Crippen molar-refractivity contribution in [2.24, 2.45) is 16.1 Å². The third-order valence-electron chi connectivity index (χ3n) is 8.55. The molecular weight excluding hydrogens is 618 g/mol. The summed E-state index contributed by atoms with van der Waals surface area (Å²) in [4.78, 5) is 36.6. The zero-order chi connectivity index (χ0) is 32.9. The Bertz CT molecular complexity index is 1420. The predicted octanol–water partition coefficient (Wildman–Crippen LogP) is 4.08. The predicted molar refractivity (Wildman–Crippen MR) is 169 cm³/mol. The Kier molecular flexibility index (Phi) is 9.33. The number of aliphatic imine (C=N–C) groups is 1. The van der Waals surface area contributed by atoms with Crippen LogP contribution in [0, 0.1) is 5.92 Å². The monoisotopic (exact) mass is 663 g/mol. The van der Waals surface area contributed by atoms with Crippen molar-refractivity contribution in [3.05, 3.63) is 28.3 Å². The Balaban J connectivity index is 1.12. The summed E-state index contributed by atoms with van der Waals surface area (Å²) in [6, 6.07) is 2.53. The molecule has 13 nitrogen and oxygen atoms in total. The first kappa shape index (κ1) is 33.4. The van der Waals surface area contributed by atoms with Gasteiger partial charge in [0.2, 0.25) is 5.91 Å². The first-order chi connectivity index (χ1) is 21.7. The third kappa shape index (κ3) is 7.47. The van der Waals surface area contributed by atoms with E-state index in [2.05, 4.69) is 10.5 Å². The number of nitrogens with one attached hydrogen (secondary N) is 1. The van der Waals surface area contributed by atoms with Crippen molar-refractivity contribution in [2.45, 2.75) is 128 Å². The standard InChI is InChI=1S/C32H45N3O10S/c1-8-9-20(21-12-19(13-23(36)40-21)38-14-18-10-11-18)33-29(37)32(7)16-46-27(34-32)17(2)35-45-28-26-25(43-31(5,6)44-26)24-22(41-28)15-39-30(3,4)42-24/h12-13,18,20,22,24-26,28H,8-11,14-16H2,1-7H3,(H,33,37)/b35-17+/t20-,22-,24-,25+,26+,28-,32+/m1/s1. The highest BCUT2D eigenvalue weighted by molar-refractivity contribution is 8.16. The van der Waals surface area contributed by atoms with Gasteiger partial charge in [0, 0.05) is 11.8 Å². The molecule has 4 fully saturated rings. The van der Waals surface area contributed by atoms with Crippen molar-refractivity contribution in [1.29, 1.82) is 0 Å². The van der Waals surface area contributed by atoms with Crippen LogP contribution in [0.3, 0.4) is 0 Å². The molecule has 5 aliphatic rings. The summed E-state index contributed by atoms with van der Waals surface area (Å²) in [6.45, 7) is 13.8. The van der Waals surface area contributed by atoms with E-state index in [9.17, 15) is 9.59 Å². The van der Waals surface area contributed by atoms with Gasteiger partial charge in [-0.25, -0.2) is 4.79 Å². The molecule has 1 aromatic rings. The fourth-order valence-electron chi connectivity index (χ4n) is 5.91. The Hall–Kier alpha value is -2.49. The Morgan fingerprint density at radius 1 is 1.11 bits per heavy atom. The molecule has 0 radical (unpaired) electrons. The van der Waals surface area contributed by atoms with Crippen molar-refractivity contribution < 1.29 is 42.5 Å². The number of ether oxygens (including phenoxy) is 6.